The van der Waals surface area contributed by atoms with Crippen LogP contribution in [0.15, 0.2) is 46.9 Å². The number of carbonyl (C=O) groups excluding carboxylic acids is 1. The molecule has 0 aliphatic carbocycles. The molecule has 0 aliphatic heterocycles. The minimum Gasteiger partial charge on any atom is -0.508 e. The molecule has 2 aromatic carbocycles. The van der Waals surface area contributed by atoms with Gasteiger partial charge in [-0.25, -0.2) is 0 Å². The van der Waals surface area contributed by atoms with E-state index in [1.54, 1.807) is 44.2 Å². The number of aromatic hydroxyl groups is 1. The van der Waals surface area contributed by atoms with Gasteiger partial charge in [0.1, 0.15) is 5.75 Å². The minimum absolute atomic E-state index is 0.0345. The second-order valence-corrected chi connectivity index (χ2v) is 7.06. The van der Waals surface area contributed by atoms with Crippen molar-refractivity contribution in [3.8, 4) is 5.75 Å². The molecule has 0 aliphatic rings. The van der Waals surface area contributed by atoms with Gasteiger partial charge in [0.05, 0.1) is 11.4 Å². The number of rotatable bonds is 4. The predicted molar refractivity (Wildman–Crippen MR) is 103 cm³/mol. The first kappa shape index (κ1) is 18.2. The number of aromatic nitrogens is 1. The van der Waals surface area contributed by atoms with Crippen molar-refractivity contribution in [2.45, 2.75) is 26.2 Å². The summed E-state index contributed by atoms with van der Waals surface area (Å²) in [6, 6.07) is 11.7. The van der Waals surface area contributed by atoms with Crippen molar-refractivity contribution in [3.63, 3.8) is 0 Å². The molecule has 0 saturated heterocycles. The number of hydrogen-bond acceptors (Lipinski definition) is 3. The summed E-state index contributed by atoms with van der Waals surface area (Å²) in [7, 11) is 0. The smallest absolute Gasteiger partial charge is 0.311 e. The first-order valence-electron chi connectivity index (χ1n) is 8.22. The first-order chi connectivity index (χ1) is 12.3. The van der Waals surface area contributed by atoms with E-state index in [4.69, 9.17) is 0 Å². The minimum atomic E-state index is -0.950. The number of carbonyl (C=O) groups is 2. The third kappa shape index (κ3) is 3.01. The van der Waals surface area contributed by atoms with Crippen molar-refractivity contribution in [2.75, 3.05) is 0 Å². The molecule has 2 N–H and O–H groups in total. The quantitative estimate of drug-likeness (QED) is 0.647. The summed E-state index contributed by atoms with van der Waals surface area (Å²) in [6.07, 6.45) is 0.386. The summed E-state index contributed by atoms with van der Waals surface area (Å²) in [5, 5.41) is 20.1. The van der Waals surface area contributed by atoms with Gasteiger partial charge in [-0.1, -0.05) is 22.9 Å². The van der Waals surface area contributed by atoms with E-state index in [0.717, 1.165) is 4.47 Å². The summed E-state index contributed by atoms with van der Waals surface area (Å²) in [5.41, 5.74) is 2.23. The van der Waals surface area contributed by atoms with Gasteiger partial charge < -0.3 is 10.2 Å². The molecule has 1 aromatic heterocycles. The lowest BCUT2D eigenvalue weighted by Gasteiger charge is -2.12. The number of hydrogen-bond donors (Lipinski definition) is 2. The van der Waals surface area contributed by atoms with Crippen LogP contribution in [0, 0.1) is 6.92 Å². The van der Waals surface area contributed by atoms with Crippen LogP contribution in [0.2, 0.25) is 0 Å². The Balaban J connectivity index is 2.29. The zero-order chi connectivity index (χ0) is 19.0. The van der Waals surface area contributed by atoms with E-state index < -0.39 is 11.9 Å². The lowest BCUT2D eigenvalue weighted by molar-refractivity contribution is -0.138. The van der Waals surface area contributed by atoms with Crippen LogP contribution >= 0.6 is 15.9 Å². The molecule has 1 unspecified atom stereocenters. The highest BCUT2D eigenvalue weighted by atomic mass is 79.9. The molecule has 5 nitrogen and oxygen atoms in total. The molecule has 3 aromatic rings. The largest absolute Gasteiger partial charge is 0.508 e. The van der Waals surface area contributed by atoms with Gasteiger partial charge in [-0.3, -0.25) is 14.2 Å². The SMILES string of the molecule is CCC(C(=O)O)c1c(C)n(C(=O)c2ccc(Br)cc2)c2ccc(O)cc12. The number of benzene rings is 2. The molecule has 6 heteroatoms. The molecule has 134 valence electrons. The monoisotopic (exact) mass is 415 g/mol. The first-order valence-corrected chi connectivity index (χ1v) is 9.01. The summed E-state index contributed by atoms with van der Waals surface area (Å²) in [5.74, 6) is -1.91. The molecule has 1 heterocycles. The van der Waals surface area contributed by atoms with E-state index in [2.05, 4.69) is 15.9 Å². The van der Waals surface area contributed by atoms with Crippen LogP contribution in [-0.2, 0) is 4.79 Å². The summed E-state index contributed by atoms with van der Waals surface area (Å²) >= 11 is 3.35. The topological polar surface area (TPSA) is 79.5 Å². The lowest BCUT2D eigenvalue weighted by atomic mass is 9.94. The highest BCUT2D eigenvalue weighted by molar-refractivity contribution is 9.10. The Labute approximate surface area is 159 Å². The number of carboxylic acid groups (broad SMARTS) is 1. The van der Waals surface area contributed by atoms with Crippen molar-refractivity contribution >= 4 is 38.7 Å². The van der Waals surface area contributed by atoms with Crippen molar-refractivity contribution in [1.82, 2.24) is 4.57 Å². The van der Waals surface area contributed by atoms with Gasteiger partial charge >= 0.3 is 5.97 Å². The average Bonchev–Trinajstić information content (AvgIpc) is 2.87. The van der Waals surface area contributed by atoms with Crippen LogP contribution < -0.4 is 0 Å². The van der Waals surface area contributed by atoms with Crippen LogP contribution in [0.4, 0.5) is 0 Å². The summed E-state index contributed by atoms with van der Waals surface area (Å²) < 4.78 is 2.39. The number of carboxylic acids is 1. The van der Waals surface area contributed by atoms with Crippen molar-refractivity contribution in [3.05, 3.63) is 63.8 Å². The van der Waals surface area contributed by atoms with Crippen LogP contribution in [0.5, 0.6) is 5.75 Å². The standard InChI is InChI=1S/C20H18BrNO4/c1-3-15(20(25)26)18-11(2)22(17-9-8-14(23)10-16(17)18)19(24)12-4-6-13(21)7-5-12/h4-10,15,23H,3H2,1-2H3,(H,25,26). The summed E-state index contributed by atoms with van der Waals surface area (Å²) in [4.78, 5) is 24.8. The van der Waals surface area contributed by atoms with Gasteiger partial charge in [0.15, 0.2) is 0 Å². The maximum atomic E-state index is 13.1. The molecule has 26 heavy (non-hydrogen) atoms. The number of phenolic OH excluding ortho intramolecular Hbond substituents is 1. The van der Waals surface area contributed by atoms with E-state index in [9.17, 15) is 19.8 Å². The zero-order valence-electron chi connectivity index (χ0n) is 14.4. The van der Waals surface area contributed by atoms with E-state index >= 15 is 0 Å². The van der Waals surface area contributed by atoms with Crippen LogP contribution in [-0.4, -0.2) is 26.7 Å². The van der Waals surface area contributed by atoms with Crippen LogP contribution in [0.3, 0.4) is 0 Å². The zero-order valence-corrected chi connectivity index (χ0v) is 15.9. The van der Waals surface area contributed by atoms with E-state index in [-0.39, 0.29) is 11.7 Å². The average molecular weight is 416 g/mol. The van der Waals surface area contributed by atoms with Crippen molar-refractivity contribution < 1.29 is 19.8 Å². The molecule has 0 spiro atoms. The molecule has 1 atom stereocenters. The number of aliphatic carboxylic acids is 1. The Bertz CT molecular complexity index is 1000. The molecule has 3 rings (SSSR count). The third-order valence-corrected chi connectivity index (χ3v) is 5.11. The highest BCUT2D eigenvalue weighted by Crippen LogP contribution is 2.36. The number of fused-ring (bicyclic) bond motifs is 1. The number of nitrogens with zero attached hydrogens (tertiary/aromatic N) is 1. The molecule has 0 saturated carbocycles. The predicted octanol–water partition coefficient (Wildman–Crippen LogP) is 4.68. The van der Waals surface area contributed by atoms with Gasteiger partial charge in [-0.05, 0) is 61.4 Å². The van der Waals surface area contributed by atoms with Gasteiger partial charge in [0, 0.05) is 21.1 Å². The maximum Gasteiger partial charge on any atom is 0.311 e. The molecule has 0 radical (unpaired) electrons. The van der Waals surface area contributed by atoms with Gasteiger partial charge in [-0.2, -0.15) is 0 Å². The fourth-order valence-corrected chi connectivity index (χ4v) is 3.62. The van der Waals surface area contributed by atoms with Crippen LogP contribution in [0.25, 0.3) is 10.9 Å². The van der Waals surface area contributed by atoms with Crippen molar-refractivity contribution in [2.24, 2.45) is 0 Å². The second-order valence-electron chi connectivity index (χ2n) is 6.15. The fraction of sp³-hybridized carbons (Fsp3) is 0.200. The van der Waals surface area contributed by atoms with E-state index in [1.165, 1.54) is 16.7 Å². The van der Waals surface area contributed by atoms with Gasteiger partial charge in [-0.15, -0.1) is 0 Å². The molecule has 0 amide bonds. The third-order valence-electron chi connectivity index (χ3n) is 4.59. The normalized spacial score (nSPS) is 12.3. The fourth-order valence-electron chi connectivity index (χ4n) is 3.36. The van der Waals surface area contributed by atoms with Crippen molar-refractivity contribution in [1.29, 1.82) is 0 Å². The van der Waals surface area contributed by atoms with E-state index in [1.807, 2.05) is 0 Å². The Morgan fingerprint density at radius 2 is 1.81 bits per heavy atom. The lowest BCUT2D eigenvalue weighted by Crippen LogP contribution is -2.16. The van der Waals surface area contributed by atoms with Gasteiger partial charge in [0.2, 0.25) is 0 Å². The number of halogens is 1. The van der Waals surface area contributed by atoms with Crippen LogP contribution in [0.1, 0.15) is 40.9 Å². The maximum absolute atomic E-state index is 13.1. The second kappa shape index (κ2) is 6.96. The molecule has 0 fully saturated rings. The summed E-state index contributed by atoms with van der Waals surface area (Å²) in [6.45, 7) is 3.54. The van der Waals surface area contributed by atoms with E-state index in [0.29, 0.717) is 34.1 Å². The molecular weight excluding hydrogens is 398 g/mol. The highest BCUT2D eigenvalue weighted by Gasteiger charge is 2.28. The Hall–Kier alpha value is -2.60. The molecular formula is C20H18BrNO4. The Morgan fingerprint density at radius 1 is 1.15 bits per heavy atom. The Morgan fingerprint density at radius 3 is 2.38 bits per heavy atom. The molecule has 0 bridgehead atoms. The number of phenols is 1. The van der Waals surface area contributed by atoms with Gasteiger partial charge in [0.25, 0.3) is 5.91 Å². The Kier molecular flexibility index (Phi) is 4.87.